The molecular weight excluding hydrogens is 292 g/mol. The van der Waals surface area contributed by atoms with Gasteiger partial charge in [-0.05, 0) is 73.9 Å². The summed E-state index contributed by atoms with van der Waals surface area (Å²) in [6.45, 7) is 6.00. The van der Waals surface area contributed by atoms with E-state index in [-0.39, 0.29) is 0 Å². The molecule has 0 aromatic heterocycles. The fourth-order valence-electron chi connectivity index (χ4n) is 2.77. The molecule has 0 spiro atoms. The monoisotopic (exact) mass is 308 g/mol. The fourth-order valence-corrected chi connectivity index (χ4v) is 3.09. The lowest BCUT2D eigenvalue weighted by Crippen LogP contribution is -2.34. The van der Waals surface area contributed by atoms with Crippen molar-refractivity contribution >= 4 is 23.1 Å². The minimum Gasteiger partial charge on any atom is -0.460 e. The van der Waals surface area contributed by atoms with Crippen LogP contribution >= 0.6 is 12.2 Å². The van der Waals surface area contributed by atoms with E-state index in [0.29, 0.717) is 10.7 Å². The number of nitrogens with zero attached hydrogens (tertiary/aromatic N) is 1. The van der Waals surface area contributed by atoms with Gasteiger partial charge < -0.3 is 10.1 Å². The van der Waals surface area contributed by atoms with Crippen LogP contribution in [0.1, 0.15) is 30.5 Å². The molecule has 1 N–H and O–H groups in total. The first kappa shape index (κ1) is 14.6. The molecule has 3 nitrogen and oxygen atoms in total. The van der Waals surface area contributed by atoms with E-state index in [9.17, 15) is 0 Å². The molecule has 0 saturated heterocycles. The van der Waals surface area contributed by atoms with Crippen LogP contribution in [0.25, 0.3) is 11.1 Å². The molecule has 0 aliphatic carbocycles. The molecule has 4 heteroatoms. The van der Waals surface area contributed by atoms with Gasteiger partial charge in [0, 0.05) is 11.3 Å². The number of anilines is 1. The number of benzene rings is 2. The zero-order chi connectivity index (χ0) is 15.9. The minimum absolute atomic E-state index is 0.396. The Hall–Kier alpha value is -2.38. The van der Waals surface area contributed by atoms with Crippen LogP contribution in [0.2, 0.25) is 0 Å². The third-order valence-corrected chi connectivity index (χ3v) is 3.98. The van der Waals surface area contributed by atoms with Gasteiger partial charge in [0.05, 0.1) is 11.6 Å². The fraction of sp³-hybridized carbons (Fsp3) is 0.222. The molecule has 1 heterocycles. The van der Waals surface area contributed by atoms with Crippen LogP contribution in [-0.4, -0.2) is 5.17 Å². The molecule has 0 radical (unpaired) electrons. The highest BCUT2D eigenvalue weighted by Gasteiger charge is 2.31. The second-order valence-corrected chi connectivity index (χ2v) is 6.36. The average molecular weight is 308 g/mol. The highest BCUT2D eigenvalue weighted by atomic mass is 32.1. The van der Waals surface area contributed by atoms with E-state index in [2.05, 4.69) is 23.5 Å². The van der Waals surface area contributed by atoms with Crippen LogP contribution < -0.4 is 5.32 Å². The van der Waals surface area contributed by atoms with E-state index < -0.39 is 5.60 Å². The van der Waals surface area contributed by atoms with Gasteiger partial charge in [-0.15, -0.1) is 0 Å². The molecule has 2 aromatic carbocycles. The maximum atomic E-state index is 9.14. The SMILES string of the molecule is Cc1cc(C#N)cc(-c2ccc3c(c2)C(C)(C)OC(=S)N3)c1. The molecule has 1 aliphatic heterocycles. The lowest BCUT2D eigenvalue weighted by molar-refractivity contribution is 0.0947. The number of hydrogen-bond donors (Lipinski definition) is 1. The molecule has 0 unspecified atom stereocenters. The number of fused-ring (bicyclic) bond motifs is 1. The van der Waals surface area contributed by atoms with Gasteiger partial charge in [-0.25, -0.2) is 0 Å². The number of thiocarbonyl (C=S) groups is 1. The number of ether oxygens (including phenoxy) is 1. The van der Waals surface area contributed by atoms with Crippen molar-refractivity contribution in [2.75, 3.05) is 5.32 Å². The van der Waals surface area contributed by atoms with Crippen LogP contribution in [-0.2, 0) is 10.3 Å². The molecule has 0 saturated carbocycles. The van der Waals surface area contributed by atoms with E-state index in [1.807, 2.05) is 45.0 Å². The van der Waals surface area contributed by atoms with Crippen molar-refractivity contribution in [2.24, 2.45) is 0 Å². The predicted octanol–water partition coefficient (Wildman–Crippen LogP) is 4.50. The van der Waals surface area contributed by atoms with E-state index >= 15 is 0 Å². The highest BCUT2D eigenvalue weighted by Crippen LogP contribution is 2.38. The van der Waals surface area contributed by atoms with Gasteiger partial charge in [-0.1, -0.05) is 12.1 Å². The largest absolute Gasteiger partial charge is 0.460 e. The molecule has 1 aliphatic rings. The zero-order valence-corrected chi connectivity index (χ0v) is 13.5. The number of aryl methyl sites for hydroxylation is 1. The summed E-state index contributed by atoms with van der Waals surface area (Å²) in [6, 6.07) is 14.2. The maximum absolute atomic E-state index is 9.14. The summed E-state index contributed by atoms with van der Waals surface area (Å²) in [6.07, 6.45) is 0. The third-order valence-electron chi connectivity index (χ3n) is 3.79. The Balaban J connectivity index is 2.14. The summed E-state index contributed by atoms with van der Waals surface area (Å²) in [7, 11) is 0. The third kappa shape index (κ3) is 2.56. The first-order valence-electron chi connectivity index (χ1n) is 7.06. The molecule has 110 valence electrons. The summed E-state index contributed by atoms with van der Waals surface area (Å²) in [4.78, 5) is 0. The van der Waals surface area contributed by atoms with Gasteiger partial charge in [0.2, 0.25) is 0 Å². The van der Waals surface area contributed by atoms with Gasteiger partial charge in [0.1, 0.15) is 5.60 Å². The molecule has 0 bridgehead atoms. The van der Waals surface area contributed by atoms with Crippen molar-refractivity contribution in [1.29, 1.82) is 5.26 Å². The van der Waals surface area contributed by atoms with Crippen molar-refractivity contribution in [1.82, 2.24) is 0 Å². The lowest BCUT2D eigenvalue weighted by atomic mass is 9.90. The Bertz CT molecular complexity index is 818. The molecule has 0 amide bonds. The first-order chi connectivity index (χ1) is 10.4. The van der Waals surface area contributed by atoms with E-state index in [0.717, 1.165) is 27.9 Å². The van der Waals surface area contributed by atoms with Gasteiger partial charge >= 0.3 is 0 Å². The topological polar surface area (TPSA) is 45.0 Å². The average Bonchev–Trinajstić information content (AvgIpc) is 2.45. The maximum Gasteiger partial charge on any atom is 0.262 e. The highest BCUT2D eigenvalue weighted by molar-refractivity contribution is 7.80. The van der Waals surface area contributed by atoms with Crippen molar-refractivity contribution < 1.29 is 4.74 Å². The van der Waals surface area contributed by atoms with Gasteiger partial charge in [-0.2, -0.15) is 5.26 Å². The Labute approximate surface area is 135 Å². The number of nitriles is 1. The minimum atomic E-state index is -0.477. The van der Waals surface area contributed by atoms with Crippen molar-refractivity contribution in [3.8, 4) is 17.2 Å². The Morgan fingerprint density at radius 3 is 2.64 bits per heavy atom. The van der Waals surface area contributed by atoms with E-state index in [1.54, 1.807) is 0 Å². The molecule has 2 aromatic rings. The molecule has 0 fully saturated rings. The van der Waals surface area contributed by atoms with Gasteiger partial charge in [-0.3, -0.25) is 0 Å². The second-order valence-electron chi connectivity index (χ2n) is 5.98. The molecule has 3 rings (SSSR count). The Kier molecular flexibility index (Phi) is 3.38. The second kappa shape index (κ2) is 5.11. The van der Waals surface area contributed by atoms with Gasteiger partial charge in [0.25, 0.3) is 5.17 Å². The normalized spacial score (nSPS) is 15.3. The summed E-state index contributed by atoms with van der Waals surface area (Å²) in [5, 5.41) is 12.6. The standard InChI is InChI=1S/C18H16N2OS/c1-11-6-12(10-19)8-14(7-11)13-4-5-16-15(9-13)18(2,3)21-17(22)20-16/h4-9H,1-3H3,(H,20,22). The van der Waals surface area contributed by atoms with Crippen molar-refractivity contribution in [3.63, 3.8) is 0 Å². The summed E-state index contributed by atoms with van der Waals surface area (Å²) in [5.74, 6) is 0. The Morgan fingerprint density at radius 2 is 1.91 bits per heavy atom. The van der Waals surface area contributed by atoms with E-state index in [4.69, 9.17) is 22.2 Å². The molecular formula is C18H16N2OS. The number of nitrogens with one attached hydrogen (secondary N) is 1. The van der Waals surface area contributed by atoms with Crippen LogP contribution in [0.4, 0.5) is 5.69 Å². The summed E-state index contributed by atoms with van der Waals surface area (Å²) >= 11 is 5.14. The smallest absolute Gasteiger partial charge is 0.262 e. The van der Waals surface area contributed by atoms with Crippen LogP contribution in [0.15, 0.2) is 36.4 Å². The predicted molar refractivity (Wildman–Crippen MR) is 91.7 cm³/mol. The van der Waals surface area contributed by atoms with Crippen molar-refractivity contribution in [2.45, 2.75) is 26.4 Å². The number of hydrogen-bond acceptors (Lipinski definition) is 3. The lowest BCUT2D eigenvalue weighted by Gasteiger charge is -2.34. The summed E-state index contributed by atoms with van der Waals surface area (Å²) < 4.78 is 5.73. The van der Waals surface area contributed by atoms with Crippen LogP contribution in [0.5, 0.6) is 0 Å². The first-order valence-corrected chi connectivity index (χ1v) is 7.46. The summed E-state index contributed by atoms with van der Waals surface area (Å²) in [5.41, 5.74) is 5.38. The van der Waals surface area contributed by atoms with Crippen LogP contribution in [0, 0.1) is 18.3 Å². The number of rotatable bonds is 1. The Morgan fingerprint density at radius 1 is 1.14 bits per heavy atom. The molecule has 22 heavy (non-hydrogen) atoms. The zero-order valence-electron chi connectivity index (χ0n) is 12.7. The van der Waals surface area contributed by atoms with E-state index in [1.165, 1.54) is 0 Å². The van der Waals surface area contributed by atoms with Crippen LogP contribution in [0.3, 0.4) is 0 Å². The van der Waals surface area contributed by atoms with Gasteiger partial charge in [0.15, 0.2) is 0 Å². The van der Waals surface area contributed by atoms with Crippen molar-refractivity contribution in [3.05, 3.63) is 53.1 Å². The quantitative estimate of drug-likeness (QED) is 0.788. The molecule has 0 atom stereocenters.